The van der Waals surface area contributed by atoms with Crippen LogP contribution in [0.15, 0.2) is 18.2 Å². The van der Waals surface area contributed by atoms with E-state index in [1.165, 1.54) is 12.1 Å². The summed E-state index contributed by atoms with van der Waals surface area (Å²) in [5, 5.41) is 8.96. The van der Waals surface area contributed by atoms with Crippen LogP contribution in [0.2, 0.25) is 5.02 Å². The third-order valence-corrected chi connectivity index (χ3v) is 2.04. The quantitative estimate of drug-likeness (QED) is 0.788. The van der Waals surface area contributed by atoms with Gasteiger partial charge in [-0.05, 0) is 18.6 Å². The fraction of sp³-hybridized carbons (Fsp3) is 0.333. The van der Waals surface area contributed by atoms with Crippen LogP contribution in [0, 0.1) is 5.82 Å². The Kier molecular flexibility index (Phi) is 3.66. The second-order valence-electron chi connectivity index (χ2n) is 2.78. The van der Waals surface area contributed by atoms with Gasteiger partial charge in [0.05, 0.1) is 0 Å². The Morgan fingerprint density at radius 3 is 2.77 bits per heavy atom. The average molecular weight is 204 g/mol. The normalized spacial score (nSPS) is 12.9. The van der Waals surface area contributed by atoms with Gasteiger partial charge >= 0.3 is 0 Å². The van der Waals surface area contributed by atoms with Crippen molar-refractivity contribution in [2.45, 2.75) is 12.5 Å². The van der Waals surface area contributed by atoms with E-state index < -0.39 is 11.9 Å². The van der Waals surface area contributed by atoms with E-state index in [0.29, 0.717) is 17.0 Å². The van der Waals surface area contributed by atoms with Crippen molar-refractivity contribution in [3.8, 4) is 0 Å². The molecule has 0 heterocycles. The molecular weight excluding hydrogens is 193 g/mol. The number of rotatable bonds is 3. The van der Waals surface area contributed by atoms with Gasteiger partial charge < -0.3 is 10.8 Å². The summed E-state index contributed by atoms with van der Waals surface area (Å²) >= 11 is 5.57. The molecule has 0 aliphatic rings. The minimum atomic E-state index is -0.470. The third kappa shape index (κ3) is 2.66. The highest BCUT2D eigenvalue weighted by molar-refractivity contribution is 6.30. The van der Waals surface area contributed by atoms with Gasteiger partial charge in [-0.1, -0.05) is 17.7 Å². The zero-order valence-electron chi connectivity index (χ0n) is 7.00. The third-order valence-electron chi connectivity index (χ3n) is 1.80. The van der Waals surface area contributed by atoms with E-state index in [1.54, 1.807) is 6.07 Å². The molecule has 72 valence electrons. The molecule has 0 aliphatic heterocycles. The monoisotopic (exact) mass is 203 g/mol. The maximum atomic E-state index is 13.2. The molecule has 0 bridgehead atoms. The molecule has 3 N–H and O–H groups in total. The maximum absolute atomic E-state index is 13.2. The number of hydrogen-bond acceptors (Lipinski definition) is 2. The molecule has 0 amide bonds. The maximum Gasteiger partial charge on any atom is 0.129 e. The van der Waals surface area contributed by atoms with Crippen LogP contribution in [0.5, 0.6) is 0 Å². The lowest BCUT2D eigenvalue weighted by atomic mass is 10.0. The summed E-state index contributed by atoms with van der Waals surface area (Å²) in [5.41, 5.74) is 6.00. The van der Waals surface area contributed by atoms with E-state index in [0.717, 1.165) is 0 Å². The molecule has 0 saturated heterocycles. The van der Waals surface area contributed by atoms with Crippen LogP contribution in [0.4, 0.5) is 4.39 Å². The van der Waals surface area contributed by atoms with Crippen molar-refractivity contribution in [3.05, 3.63) is 34.6 Å². The minimum absolute atomic E-state index is 0.0523. The average Bonchev–Trinajstić information content (AvgIpc) is 2.04. The Bertz CT molecular complexity index is 293. The first-order valence-corrected chi connectivity index (χ1v) is 4.34. The number of benzene rings is 1. The Morgan fingerprint density at radius 2 is 2.23 bits per heavy atom. The Labute approximate surface area is 81.1 Å². The molecule has 1 aromatic rings. The molecule has 0 saturated carbocycles. The number of aliphatic hydroxyl groups excluding tert-OH is 1. The van der Waals surface area contributed by atoms with Gasteiger partial charge in [-0.2, -0.15) is 0 Å². The summed E-state index contributed by atoms with van der Waals surface area (Å²) in [7, 11) is 0. The topological polar surface area (TPSA) is 46.2 Å². The van der Waals surface area contributed by atoms with Crippen molar-refractivity contribution >= 4 is 11.6 Å². The van der Waals surface area contributed by atoms with Crippen LogP contribution in [0.3, 0.4) is 0 Å². The second kappa shape index (κ2) is 4.56. The van der Waals surface area contributed by atoms with Crippen LogP contribution in [0.1, 0.15) is 18.0 Å². The number of aliphatic hydroxyl groups is 1. The van der Waals surface area contributed by atoms with Crippen molar-refractivity contribution in [3.63, 3.8) is 0 Å². The molecule has 0 fully saturated rings. The molecule has 2 nitrogen and oxygen atoms in total. The summed E-state index contributed by atoms with van der Waals surface area (Å²) in [6.45, 7) is -0.0523. The lowest BCUT2D eigenvalue weighted by Crippen LogP contribution is -2.13. The molecule has 1 atom stereocenters. The van der Waals surface area contributed by atoms with Crippen LogP contribution >= 0.6 is 11.6 Å². The number of halogens is 2. The highest BCUT2D eigenvalue weighted by Gasteiger charge is 2.10. The van der Waals surface area contributed by atoms with Crippen LogP contribution in [-0.4, -0.2) is 11.7 Å². The summed E-state index contributed by atoms with van der Waals surface area (Å²) < 4.78 is 13.2. The van der Waals surface area contributed by atoms with Crippen molar-refractivity contribution in [2.24, 2.45) is 5.73 Å². The smallest absolute Gasteiger partial charge is 0.129 e. The molecule has 13 heavy (non-hydrogen) atoms. The van der Waals surface area contributed by atoms with Crippen molar-refractivity contribution in [1.29, 1.82) is 0 Å². The first-order valence-electron chi connectivity index (χ1n) is 3.96. The van der Waals surface area contributed by atoms with Gasteiger partial charge in [0.1, 0.15) is 5.82 Å². The lowest BCUT2D eigenvalue weighted by molar-refractivity contribution is 0.275. The highest BCUT2D eigenvalue weighted by Crippen LogP contribution is 2.20. The van der Waals surface area contributed by atoms with Gasteiger partial charge in [-0.15, -0.1) is 0 Å². The fourth-order valence-electron chi connectivity index (χ4n) is 1.10. The van der Waals surface area contributed by atoms with Crippen LogP contribution in [0.25, 0.3) is 0 Å². The van der Waals surface area contributed by atoms with E-state index in [-0.39, 0.29) is 6.61 Å². The van der Waals surface area contributed by atoms with Crippen molar-refractivity contribution in [1.82, 2.24) is 0 Å². The van der Waals surface area contributed by atoms with Gasteiger partial charge in [-0.3, -0.25) is 0 Å². The molecular formula is C9H11ClFNO. The van der Waals surface area contributed by atoms with Crippen LogP contribution in [-0.2, 0) is 0 Å². The van der Waals surface area contributed by atoms with E-state index in [9.17, 15) is 4.39 Å². The first-order chi connectivity index (χ1) is 6.15. The molecule has 0 radical (unpaired) electrons. The van der Waals surface area contributed by atoms with Gasteiger partial charge in [0, 0.05) is 23.2 Å². The Balaban J connectivity index is 2.88. The first kappa shape index (κ1) is 10.4. The summed E-state index contributed by atoms with van der Waals surface area (Å²) in [4.78, 5) is 0. The van der Waals surface area contributed by atoms with E-state index >= 15 is 0 Å². The van der Waals surface area contributed by atoms with E-state index in [1.807, 2.05) is 0 Å². The standard InChI is InChI=1S/C9H11ClFNO/c10-6-1-2-7(8(11)5-6)9(12)3-4-13/h1-2,5,9,13H,3-4,12H2/t9-/m0/s1. The Hall–Kier alpha value is -0.640. The molecule has 0 aliphatic carbocycles. The highest BCUT2D eigenvalue weighted by atomic mass is 35.5. The molecule has 4 heteroatoms. The number of hydrogen-bond donors (Lipinski definition) is 2. The SMILES string of the molecule is N[C@@H](CCO)c1ccc(Cl)cc1F. The van der Waals surface area contributed by atoms with Crippen molar-refractivity contribution in [2.75, 3.05) is 6.61 Å². The van der Waals surface area contributed by atoms with Gasteiger partial charge in [0.2, 0.25) is 0 Å². The summed E-state index contributed by atoms with van der Waals surface area (Å²) in [5.74, 6) is -0.423. The zero-order valence-corrected chi connectivity index (χ0v) is 7.76. The summed E-state index contributed by atoms with van der Waals surface area (Å²) in [6.07, 6.45) is 0.346. The fourth-order valence-corrected chi connectivity index (χ4v) is 1.26. The minimum Gasteiger partial charge on any atom is -0.396 e. The second-order valence-corrected chi connectivity index (χ2v) is 3.22. The van der Waals surface area contributed by atoms with E-state index in [4.69, 9.17) is 22.4 Å². The van der Waals surface area contributed by atoms with E-state index in [2.05, 4.69) is 0 Å². The molecule has 0 spiro atoms. The predicted molar refractivity (Wildman–Crippen MR) is 50.0 cm³/mol. The molecule has 0 unspecified atom stereocenters. The van der Waals surface area contributed by atoms with Gasteiger partial charge in [-0.25, -0.2) is 4.39 Å². The van der Waals surface area contributed by atoms with Crippen molar-refractivity contribution < 1.29 is 9.50 Å². The zero-order chi connectivity index (χ0) is 9.84. The molecule has 0 aromatic heterocycles. The molecule has 1 aromatic carbocycles. The summed E-state index contributed by atoms with van der Waals surface area (Å²) in [6, 6.07) is 3.87. The number of nitrogens with two attached hydrogens (primary N) is 1. The predicted octanol–water partition coefficient (Wildman–Crippen LogP) is 1.86. The Morgan fingerprint density at radius 1 is 1.54 bits per heavy atom. The van der Waals surface area contributed by atoms with Gasteiger partial charge in [0.25, 0.3) is 0 Å². The molecule has 1 rings (SSSR count). The van der Waals surface area contributed by atoms with Gasteiger partial charge in [0.15, 0.2) is 0 Å². The lowest BCUT2D eigenvalue weighted by Gasteiger charge is -2.11. The largest absolute Gasteiger partial charge is 0.396 e. The van der Waals surface area contributed by atoms with Crippen LogP contribution < -0.4 is 5.73 Å².